The molecule has 142 valence electrons. The second kappa shape index (κ2) is 4.78. The van der Waals surface area contributed by atoms with Gasteiger partial charge >= 0.3 is 5.97 Å². The Hall–Kier alpha value is -1.24. The fourth-order valence-electron chi connectivity index (χ4n) is 7.35. The summed E-state index contributed by atoms with van der Waals surface area (Å²) < 4.78 is 11.6. The van der Waals surface area contributed by atoms with Crippen LogP contribution in [0.4, 0.5) is 0 Å². The molecule has 0 aromatic carbocycles. The van der Waals surface area contributed by atoms with Gasteiger partial charge in [-0.15, -0.1) is 0 Å². The summed E-state index contributed by atoms with van der Waals surface area (Å²) in [5, 5.41) is 21.8. The molecule has 6 heteroatoms. The lowest BCUT2D eigenvalue weighted by atomic mass is 9.43. The van der Waals surface area contributed by atoms with E-state index in [0.29, 0.717) is 24.8 Å². The van der Waals surface area contributed by atoms with Gasteiger partial charge in [-0.3, -0.25) is 9.59 Å². The molecule has 2 bridgehead atoms. The molecule has 0 unspecified atom stereocenters. The van der Waals surface area contributed by atoms with E-state index in [-0.39, 0.29) is 29.6 Å². The number of Topliss-reactive ketones (excluding diaryl/α,β-unsaturated/α-hetero) is 1. The van der Waals surface area contributed by atoms with Crippen LogP contribution in [0.5, 0.6) is 0 Å². The van der Waals surface area contributed by atoms with Crippen LogP contribution in [0.2, 0.25) is 0 Å². The molecule has 26 heavy (non-hydrogen) atoms. The normalized spacial score (nSPS) is 54.4. The van der Waals surface area contributed by atoms with E-state index in [2.05, 4.69) is 20.4 Å². The number of ketones is 1. The smallest absolute Gasteiger partial charge is 0.320 e. The number of rotatable bonds is 0. The van der Waals surface area contributed by atoms with Crippen molar-refractivity contribution in [1.82, 2.24) is 0 Å². The third kappa shape index (κ3) is 1.61. The molecule has 2 heterocycles. The minimum atomic E-state index is -1.37. The maximum atomic E-state index is 13.2. The van der Waals surface area contributed by atoms with Crippen molar-refractivity contribution in [3.05, 3.63) is 12.2 Å². The van der Waals surface area contributed by atoms with E-state index in [1.165, 1.54) is 0 Å². The van der Waals surface area contributed by atoms with Gasteiger partial charge in [0.1, 0.15) is 11.5 Å². The van der Waals surface area contributed by atoms with Crippen LogP contribution in [0.15, 0.2) is 12.2 Å². The van der Waals surface area contributed by atoms with Crippen molar-refractivity contribution in [3.8, 4) is 0 Å². The van der Waals surface area contributed by atoms with Crippen LogP contribution in [0.3, 0.4) is 0 Å². The van der Waals surface area contributed by atoms with Crippen molar-refractivity contribution in [2.75, 3.05) is 6.61 Å². The fraction of sp³-hybridized carbons (Fsp3) is 0.800. The Morgan fingerprint density at radius 1 is 1.19 bits per heavy atom. The van der Waals surface area contributed by atoms with Gasteiger partial charge < -0.3 is 19.7 Å². The number of aliphatic hydroxyl groups is 2. The molecule has 5 rings (SSSR count). The highest BCUT2D eigenvalue weighted by atomic mass is 16.6. The van der Waals surface area contributed by atoms with Gasteiger partial charge in [0.05, 0.1) is 12.7 Å². The Labute approximate surface area is 152 Å². The van der Waals surface area contributed by atoms with Gasteiger partial charge in [0.2, 0.25) is 0 Å². The lowest BCUT2D eigenvalue weighted by Gasteiger charge is -2.62. The molecule has 0 radical (unpaired) electrons. The average Bonchev–Trinajstić information content (AvgIpc) is 3.01. The van der Waals surface area contributed by atoms with E-state index in [0.717, 1.165) is 6.42 Å². The summed E-state index contributed by atoms with van der Waals surface area (Å²) in [6.45, 7) is 8.29. The zero-order chi connectivity index (χ0) is 18.6. The summed E-state index contributed by atoms with van der Waals surface area (Å²) in [4.78, 5) is 26.3. The number of aliphatic hydroxyl groups excluding tert-OH is 2. The van der Waals surface area contributed by atoms with Crippen molar-refractivity contribution in [3.63, 3.8) is 0 Å². The highest BCUT2D eigenvalue weighted by Crippen LogP contribution is 2.71. The van der Waals surface area contributed by atoms with Crippen LogP contribution in [-0.4, -0.2) is 47.1 Å². The molecule has 5 aliphatic rings. The number of hydrogen-bond acceptors (Lipinski definition) is 6. The number of ether oxygens (including phenoxy) is 2. The third-order valence-electron chi connectivity index (χ3n) is 8.25. The molecule has 2 aliphatic heterocycles. The van der Waals surface area contributed by atoms with Gasteiger partial charge in [-0.25, -0.2) is 0 Å². The molecular weight excluding hydrogens is 336 g/mol. The Kier molecular flexibility index (Phi) is 3.10. The molecule has 3 aliphatic carbocycles. The van der Waals surface area contributed by atoms with E-state index in [9.17, 15) is 19.8 Å². The zero-order valence-electron chi connectivity index (χ0n) is 15.2. The second-order valence-electron chi connectivity index (χ2n) is 9.72. The van der Waals surface area contributed by atoms with E-state index in [1.807, 2.05) is 0 Å². The van der Waals surface area contributed by atoms with Gasteiger partial charge in [-0.1, -0.05) is 20.4 Å². The number of hydrogen-bond donors (Lipinski definition) is 2. The van der Waals surface area contributed by atoms with Crippen LogP contribution < -0.4 is 0 Å². The second-order valence-corrected chi connectivity index (χ2v) is 9.72. The Morgan fingerprint density at radius 3 is 2.65 bits per heavy atom. The van der Waals surface area contributed by atoms with Crippen molar-refractivity contribution in [1.29, 1.82) is 0 Å². The largest absolute Gasteiger partial charge is 0.461 e. The molecule has 2 saturated heterocycles. The molecule has 5 fully saturated rings. The molecule has 0 amide bonds. The zero-order valence-corrected chi connectivity index (χ0v) is 15.2. The molecule has 8 atom stereocenters. The molecule has 2 N–H and O–H groups in total. The summed E-state index contributed by atoms with van der Waals surface area (Å²) >= 11 is 0. The maximum absolute atomic E-state index is 13.2. The minimum Gasteiger partial charge on any atom is -0.461 e. The summed E-state index contributed by atoms with van der Waals surface area (Å²) in [5.41, 5.74) is -1.91. The summed E-state index contributed by atoms with van der Waals surface area (Å²) in [7, 11) is 0. The first kappa shape index (κ1) is 16.9. The van der Waals surface area contributed by atoms with Gasteiger partial charge in [0.15, 0.2) is 12.1 Å². The van der Waals surface area contributed by atoms with Crippen LogP contribution in [0.25, 0.3) is 0 Å². The van der Waals surface area contributed by atoms with Crippen molar-refractivity contribution < 1.29 is 29.3 Å². The maximum Gasteiger partial charge on any atom is 0.320 e. The highest BCUT2D eigenvalue weighted by Gasteiger charge is 2.79. The quantitative estimate of drug-likeness (QED) is 0.382. The molecular formula is C20H26O6. The predicted octanol–water partition coefficient (Wildman–Crippen LogP) is 1.20. The number of esters is 1. The summed E-state index contributed by atoms with van der Waals surface area (Å²) in [5.74, 6) is -1.84. The Morgan fingerprint density at radius 2 is 1.92 bits per heavy atom. The Balaban J connectivity index is 1.75. The SMILES string of the molecule is C=C1C(=O)[C@]23C[C@@H]1C[C@H](O)[C@@H]2[C@@]12CO[C@@H](O)[C@@H]1C(C)(C)CC[C@@H]2OC3=O. The van der Waals surface area contributed by atoms with Crippen LogP contribution in [-0.2, 0) is 19.1 Å². The topological polar surface area (TPSA) is 93.1 Å². The van der Waals surface area contributed by atoms with E-state index < -0.39 is 41.2 Å². The minimum absolute atomic E-state index is 0.170. The fourth-order valence-corrected chi connectivity index (χ4v) is 7.35. The summed E-state index contributed by atoms with van der Waals surface area (Å²) in [6.07, 6.45) is 0.0166. The molecule has 0 aromatic heterocycles. The molecule has 6 nitrogen and oxygen atoms in total. The predicted molar refractivity (Wildman–Crippen MR) is 89.6 cm³/mol. The first-order chi connectivity index (χ1) is 12.2. The lowest BCUT2D eigenvalue weighted by Crippen LogP contribution is -2.70. The molecule has 0 aromatic rings. The number of carbonyl (C=O) groups is 2. The molecule has 2 spiro atoms. The number of allylic oxidation sites excluding steroid dienone is 1. The monoisotopic (exact) mass is 362 g/mol. The first-order valence-electron chi connectivity index (χ1n) is 9.58. The van der Waals surface area contributed by atoms with E-state index >= 15 is 0 Å². The van der Waals surface area contributed by atoms with Crippen LogP contribution in [0.1, 0.15) is 39.5 Å². The van der Waals surface area contributed by atoms with Crippen molar-refractivity contribution in [2.45, 2.75) is 58.0 Å². The standard InChI is InChI=1S/C20H26O6/c1-9-10-6-11(21)13-19(7-10,15(9)22)17(24)26-12-4-5-18(2,3)14-16(23)25-8-20(12,13)14/h10-14,16,21,23H,1,4-8H2,2-3H3/t10-,11-,12-,13-,14+,16+,19-,20-/m0/s1. The van der Waals surface area contributed by atoms with Crippen LogP contribution in [0, 0.1) is 34.0 Å². The van der Waals surface area contributed by atoms with Gasteiger partial charge in [0, 0.05) is 17.3 Å². The van der Waals surface area contributed by atoms with E-state index in [4.69, 9.17) is 9.47 Å². The van der Waals surface area contributed by atoms with Gasteiger partial charge in [-0.05, 0) is 42.6 Å². The van der Waals surface area contributed by atoms with Crippen molar-refractivity contribution in [2.24, 2.45) is 34.0 Å². The van der Waals surface area contributed by atoms with Crippen LogP contribution >= 0.6 is 0 Å². The first-order valence-corrected chi connectivity index (χ1v) is 9.58. The highest BCUT2D eigenvalue weighted by molar-refractivity contribution is 6.15. The number of fused-ring (bicyclic) bond motifs is 1. The van der Waals surface area contributed by atoms with E-state index in [1.54, 1.807) is 0 Å². The lowest BCUT2D eigenvalue weighted by molar-refractivity contribution is -0.251. The average molecular weight is 362 g/mol. The third-order valence-corrected chi connectivity index (χ3v) is 8.25. The van der Waals surface area contributed by atoms with Crippen molar-refractivity contribution >= 4 is 11.8 Å². The van der Waals surface area contributed by atoms with Gasteiger partial charge in [0.25, 0.3) is 0 Å². The summed E-state index contributed by atoms with van der Waals surface area (Å²) in [6, 6.07) is 0. The Bertz CT molecular complexity index is 728. The van der Waals surface area contributed by atoms with Gasteiger partial charge in [-0.2, -0.15) is 0 Å². The molecule has 3 saturated carbocycles. The number of carbonyl (C=O) groups excluding carboxylic acids is 2.